The van der Waals surface area contributed by atoms with E-state index in [0.717, 1.165) is 69.0 Å². The van der Waals surface area contributed by atoms with Crippen molar-refractivity contribution in [1.29, 1.82) is 0 Å². The van der Waals surface area contributed by atoms with E-state index >= 15 is 0 Å². The maximum absolute atomic E-state index is 6.76. The van der Waals surface area contributed by atoms with Gasteiger partial charge in [-0.05, 0) is 86.8 Å². The van der Waals surface area contributed by atoms with Crippen LogP contribution < -0.4 is 14.2 Å². The molecular formula is C48H50N4O3. The Kier molecular flexibility index (Phi) is 8.63. The zero-order valence-electron chi connectivity index (χ0n) is 33.7. The summed E-state index contributed by atoms with van der Waals surface area (Å²) in [5, 5.41) is 0. The maximum atomic E-state index is 6.76. The van der Waals surface area contributed by atoms with Crippen LogP contribution in [0, 0.1) is 10.8 Å². The van der Waals surface area contributed by atoms with Crippen LogP contribution in [0.3, 0.4) is 0 Å². The average Bonchev–Trinajstić information content (AvgIpc) is 3.10. The Morgan fingerprint density at radius 1 is 0.509 bits per heavy atom. The maximum Gasteiger partial charge on any atom is 0.173 e. The number of aromatic nitrogens is 4. The first-order valence-electron chi connectivity index (χ1n) is 19.2. The molecule has 0 saturated heterocycles. The minimum absolute atomic E-state index is 0.181. The van der Waals surface area contributed by atoms with Gasteiger partial charge in [0, 0.05) is 33.4 Å². The summed E-state index contributed by atoms with van der Waals surface area (Å²) in [6, 6.07) is 29.3. The first-order chi connectivity index (χ1) is 25.9. The number of benzene rings is 4. The topological polar surface area (TPSA) is 79.2 Å². The minimum Gasteiger partial charge on any atom is -0.479 e. The fourth-order valence-electron chi connectivity index (χ4n) is 7.94. The van der Waals surface area contributed by atoms with Gasteiger partial charge < -0.3 is 14.2 Å². The highest BCUT2D eigenvalue weighted by atomic mass is 16.5. The molecule has 2 aromatic heterocycles. The lowest BCUT2D eigenvalue weighted by Crippen LogP contribution is -2.30. The van der Waals surface area contributed by atoms with Crippen LogP contribution in [-0.4, -0.2) is 19.9 Å². The molecule has 7 nitrogen and oxygen atoms in total. The van der Waals surface area contributed by atoms with Gasteiger partial charge in [0.15, 0.2) is 11.5 Å². The molecule has 4 aromatic carbocycles. The number of nitrogens with zero attached hydrogens (tertiary/aromatic N) is 4. The molecule has 0 N–H and O–H groups in total. The fraction of sp³-hybridized carbons (Fsp3) is 0.333. The van der Waals surface area contributed by atoms with Crippen molar-refractivity contribution in [3.05, 3.63) is 120 Å². The van der Waals surface area contributed by atoms with E-state index in [4.69, 9.17) is 34.1 Å². The molecule has 6 aromatic rings. The first kappa shape index (κ1) is 36.4. The van der Waals surface area contributed by atoms with Gasteiger partial charge in [-0.3, -0.25) is 0 Å². The summed E-state index contributed by atoms with van der Waals surface area (Å²) in [7, 11) is 0. The van der Waals surface area contributed by atoms with Gasteiger partial charge in [-0.1, -0.05) is 102 Å². The SMILES string of the molecule is CC(C)(C)Cc1ccc2c(c1)C(C)(C)Oc1c(-c3cccc(Oc4cccc(-c5ncnc6c5OC(C)(C)c5cc(CC(C)(C)C)ccc5-6)c4)c3)ncnc1-2. The van der Waals surface area contributed by atoms with Gasteiger partial charge in [0.05, 0.1) is 0 Å². The van der Waals surface area contributed by atoms with Crippen LogP contribution in [0.15, 0.2) is 97.6 Å². The lowest BCUT2D eigenvalue weighted by molar-refractivity contribution is 0.105. The third-order valence-electron chi connectivity index (χ3n) is 10.2. The third-order valence-corrected chi connectivity index (χ3v) is 10.2. The summed E-state index contributed by atoms with van der Waals surface area (Å²) in [5.74, 6) is 2.69. The van der Waals surface area contributed by atoms with Gasteiger partial charge >= 0.3 is 0 Å². The number of fused-ring (bicyclic) bond motifs is 6. The van der Waals surface area contributed by atoms with Gasteiger partial charge in [0.2, 0.25) is 0 Å². The molecule has 2 aliphatic rings. The quantitative estimate of drug-likeness (QED) is 0.169. The Hall–Kier alpha value is -5.56. The summed E-state index contributed by atoms with van der Waals surface area (Å²) in [4.78, 5) is 18.9. The van der Waals surface area contributed by atoms with Gasteiger partial charge in [-0.25, -0.2) is 19.9 Å². The van der Waals surface area contributed by atoms with E-state index in [9.17, 15) is 0 Å². The number of ether oxygens (including phenoxy) is 3. The molecule has 55 heavy (non-hydrogen) atoms. The van der Waals surface area contributed by atoms with Crippen LogP contribution in [0.1, 0.15) is 91.5 Å². The molecule has 4 heterocycles. The molecule has 0 amide bonds. The molecule has 8 rings (SSSR count). The highest BCUT2D eigenvalue weighted by molar-refractivity contribution is 5.83. The van der Waals surface area contributed by atoms with Crippen molar-refractivity contribution >= 4 is 0 Å². The Bertz CT molecular complexity index is 2280. The molecule has 0 spiro atoms. The van der Waals surface area contributed by atoms with Crippen molar-refractivity contribution in [2.45, 2.75) is 93.3 Å². The van der Waals surface area contributed by atoms with Crippen molar-refractivity contribution in [3.63, 3.8) is 0 Å². The second kappa shape index (κ2) is 13.0. The monoisotopic (exact) mass is 730 g/mol. The van der Waals surface area contributed by atoms with E-state index < -0.39 is 11.2 Å². The molecule has 0 fully saturated rings. The van der Waals surface area contributed by atoms with Crippen molar-refractivity contribution in [1.82, 2.24) is 19.9 Å². The minimum atomic E-state index is -0.569. The summed E-state index contributed by atoms with van der Waals surface area (Å²) < 4.78 is 20.0. The summed E-state index contributed by atoms with van der Waals surface area (Å²) in [5.41, 5.74) is 11.0. The van der Waals surface area contributed by atoms with Gasteiger partial charge in [-0.15, -0.1) is 0 Å². The second-order valence-corrected chi connectivity index (χ2v) is 18.4. The van der Waals surface area contributed by atoms with Crippen LogP contribution in [0.2, 0.25) is 0 Å². The molecule has 7 heteroatoms. The van der Waals surface area contributed by atoms with Crippen LogP contribution in [0.25, 0.3) is 45.0 Å². The van der Waals surface area contributed by atoms with Crippen LogP contribution >= 0.6 is 0 Å². The van der Waals surface area contributed by atoms with E-state index in [1.165, 1.54) is 11.1 Å². The molecule has 0 aliphatic carbocycles. The lowest BCUT2D eigenvalue weighted by Gasteiger charge is -2.35. The van der Waals surface area contributed by atoms with Crippen LogP contribution in [-0.2, 0) is 24.0 Å². The van der Waals surface area contributed by atoms with Gasteiger partial charge in [-0.2, -0.15) is 0 Å². The largest absolute Gasteiger partial charge is 0.479 e. The van der Waals surface area contributed by atoms with Crippen molar-refractivity contribution < 1.29 is 14.2 Å². The van der Waals surface area contributed by atoms with E-state index in [-0.39, 0.29) is 10.8 Å². The Morgan fingerprint density at radius 2 is 0.909 bits per heavy atom. The van der Waals surface area contributed by atoms with E-state index in [0.29, 0.717) is 23.0 Å². The number of rotatable bonds is 6. The average molecular weight is 731 g/mol. The Balaban J connectivity index is 1.10. The molecule has 0 radical (unpaired) electrons. The smallest absolute Gasteiger partial charge is 0.173 e. The number of hydrogen-bond donors (Lipinski definition) is 0. The molecule has 0 saturated carbocycles. The van der Waals surface area contributed by atoms with Crippen molar-refractivity contribution in [2.24, 2.45) is 10.8 Å². The molecule has 0 bridgehead atoms. The number of hydrogen-bond acceptors (Lipinski definition) is 7. The summed E-state index contributed by atoms with van der Waals surface area (Å²) >= 11 is 0. The molecule has 280 valence electrons. The van der Waals surface area contributed by atoms with Gasteiger partial charge in [0.1, 0.15) is 58.1 Å². The second-order valence-electron chi connectivity index (χ2n) is 18.4. The van der Waals surface area contributed by atoms with Crippen molar-refractivity contribution in [2.75, 3.05) is 0 Å². The van der Waals surface area contributed by atoms with Crippen molar-refractivity contribution in [3.8, 4) is 68.0 Å². The van der Waals surface area contributed by atoms with Crippen LogP contribution in [0.4, 0.5) is 0 Å². The first-order valence-corrected chi connectivity index (χ1v) is 19.2. The Morgan fingerprint density at radius 3 is 1.31 bits per heavy atom. The van der Waals surface area contributed by atoms with E-state index in [1.54, 1.807) is 12.7 Å². The highest BCUT2D eigenvalue weighted by Crippen LogP contribution is 2.50. The normalized spacial score (nSPS) is 15.1. The highest BCUT2D eigenvalue weighted by Gasteiger charge is 2.37. The van der Waals surface area contributed by atoms with E-state index in [2.05, 4.69) is 106 Å². The van der Waals surface area contributed by atoms with E-state index in [1.807, 2.05) is 48.5 Å². The fourth-order valence-corrected chi connectivity index (χ4v) is 7.94. The molecule has 2 aliphatic heterocycles. The Labute approximate surface area is 325 Å². The summed E-state index contributed by atoms with van der Waals surface area (Å²) in [6.45, 7) is 22.0. The predicted octanol–water partition coefficient (Wildman–Crippen LogP) is 12.2. The van der Waals surface area contributed by atoms with Crippen LogP contribution in [0.5, 0.6) is 23.0 Å². The molecule has 0 unspecified atom stereocenters. The molecular weight excluding hydrogens is 681 g/mol. The lowest BCUT2D eigenvalue weighted by atomic mass is 9.82. The van der Waals surface area contributed by atoms with Gasteiger partial charge in [0.25, 0.3) is 0 Å². The molecule has 0 atom stereocenters. The standard InChI is InChI=1S/C48H50N4O3/c1-45(2,3)25-29-17-19-35-37(21-29)47(7,8)54-43-39(49-27-51-41(35)43)31-13-11-15-33(23-31)53-34-16-12-14-32(24-34)40-44-42(52-28-50-40)36-20-18-30(26-46(4,5)6)22-38(36)48(9,10)55-44/h11-24,27-28H,25-26H2,1-10H3. The third kappa shape index (κ3) is 7.20. The predicted molar refractivity (Wildman–Crippen MR) is 220 cm³/mol. The zero-order chi connectivity index (χ0) is 38.9. The summed E-state index contributed by atoms with van der Waals surface area (Å²) in [6.07, 6.45) is 5.20. The zero-order valence-corrected chi connectivity index (χ0v) is 33.7.